The van der Waals surface area contributed by atoms with Crippen LogP contribution in [0.15, 0.2) is 48.7 Å². The van der Waals surface area contributed by atoms with Crippen molar-refractivity contribution in [3.63, 3.8) is 0 Å². The average molecular weight is 377 g/mol. The summed E-state index contributed by atoms with van der Waals surface area (Å²) in [5.41, 5.74) is 3.23. The molecule has 2 aromatic rings. The number of aromatic nitrogens is 1. The summed E-state index contributed by atoms with van der Waals surface area (Å²) in [4.78, 5) is 31.9. The van der Waals surface area contributed by atoms with Crippen molar-refractivity contribution in [3.05, 3.63) is 65.5 Å². The summed E-state index contributed by atoms with van der Waals surface area (Å²) >= 11 is 0. The van der Waals surface area contributed by atoms with E-state index in [2.05, 4.69) is 41.5 Å². The van der Waals surface area contributed by atoms with Gasteiger partial charge < -0.3 is 10.2 Å². The molecule has 5 heteroatoms. The Bertz CT molecular complexity index is 848. The lowest BCUT2D eigenvalue weighted by atomic mass is 9.87. The largest absolute Gasteiger partial charge is 0.350 e. The molecule has 0 bridgehead atoms. The molecule has 2 amide bonds. The van der Waals surface area contributed by atoms with Gasteiger partial charge in [0.1, 0.15) is 0 Å². The maximum atomic E-state index is 13.0. The van der Waals surface area contributed by atoms with Gasteiger partial charge in [-0.05, 0) is 50.3 Å². The summed E-state index contributed by atoms with van der Waals surface area (Å²) in [5, 5.41) is 3.00. The third-order valence-corrected chi connectivity index (χ3v) is 5.76. The number of nitrogens with zero attached hydrogens (tertiary/aromatic N) is 2. The van der Waals surface area contributed by atoms with Gasteiger partial charge in [-0.1, -0.05) is 35.9 Å². The molecule has 1 aliphatic heterocycles. The van der Waals surface area contributed by atoms with E-state index in [0.29, 0.717) is 13.1 Å². The molecule has 4 rings (SSSR count). The van der Waals surface area contributed by atoms with Gasteiger partial charge in [-0.3, -0.25) is 14.6 Å². The highest BCUT2D eigenvalue weighted by Crippen LogP contribution is 2.39. The zero-order valence-electron chi connectivity index (χ0n) is 16.3. The number of piperidine rings is 1. The first-order chi connectivity index (χ1) is 13.6. The minimum atomic E-state index is -0.160. The second-order valence-corrected chi connectivity index (χ2v) is 8.01. The second-order valence-electron chi connectivity index (χ2n) is 8.01. The molecule has 2 aliphatic rings. The van der Waals surface area contributed by atoms with Gasteiger partial charge in [-0.25, -0.2) is 0 Å². The summed E-state index contributed by atoms with van der Waals surface area (Å²) in [6, 6.07) is 14.1. The van der Waals surface area contributed by atoms with E-state index in [0.717, 1.165) is 31.4 Å². The molecule has 1 aromatic carbocycles. The van der Waals surface area contributed by atoms with Crippen LogP contribution >= 0.6 is 0 Å². The van der Waals surface area contributed by atoms with Crippen LogP contribution in [-0.4, -0.2) is 28.2 Å². The normalized spacial score (nSPS) is 22.0. The maximum Gasteiger partial charge on any atom is 0.226 e. The van der Waals surface area contributed by atoms with Crippen LogP contribution in [0.5, 0.6) is 0 Å². The van der Waals surface area contributed by atoms with Crippen LogP contribution in [0.4, 0.5) is 0 Å². The monoisotopic (exact) mass is 377 g/mol. The van der Waals surface area contributed by atoms with E-state index in [1.165, 1.54) is 11.1 Å². The van der Waals surface area contributed by atoms with Crippen molar-refractivity contribution in [2.45, 2.75) is 45.2 Å². The minimum Gasteiger partial charge on any atom is -0.350 e. The third-order valence-electron chi connectivity index (χ3n) is 5.76. The molecule has 1 saturated heterocycles. The van der Waals surface area contributed by atoms with Gasteiger partial charge in [-0.15, -0.1) is 0 Å². The summed E-state index contributed by atoms with van der Waals surface area (Å²) in [6.07, 6.45) is 5.30. The summed E-state index contributed by atoms with van der Waals surface area (Å²) in [6.45, 7) is 3.00. The van der Waals surface area contributed by atoms with Crippen LogP contribution in [-0.2, 0) is 16.1 Å². The second kappa shape index (κ2) is 8.13. The number of hydrogen-bond donors (Lipinski definition) is 1. The molecular formula is C23H27N3O2. The highest BCUT2D eigenvalue weighted by molar-refractivity contribution is 5.84. The molecule has 5 nitrogen and oxygen atoms in total. The van der Waals surface area contributed by atoms with Crippen LogP contribution in [0.1, 0.15) is 48.5 Å². The van der Waals surface area contributed by atoms with Gasteiger partial charge >= 0.3 is 0 Å². The topological polar surface area (TPSA) is 62.3 Å². The Balaban J connectivity index is 1.45. The van der Waals surface area contributed by atoms with E-state index in [-0.39, 0.29) is 29.7 Å². The van der Waals surface area contributed by atoms with Gasteiger partial charge in [0.25, 0.3) is 0 Å². The van der Waals surface area contributed by atoms with E-state index >= 15 is 0 Å². The van der Waals surface area contributed by atoms with E-state index in [4.69, 9.17) is 0 Å². The quantitative estimate of drug-likeness (QED) is 0.869. The van der Waals surface area contributed by atoms with Crippen LogP contribution in [0.25, 0.3) is 0 Å². The SMILES string of the molecule is Cc1cccc(C2CCC(C(=O)NCc3ccccn3)CN2C(=O)C2CC2)c1. The molecule has 1 aliphatic carbocycles. The number of likely N-dealkylation sites (tertiary alicyclic amines) is 1. The molecule has 0 spiro atoms. The molecule has 1 aromatic heterocycles. The van der Waals surface area contributed by atoms with E-state index in [1.807, 2.05) is 23.1 Å². The lowest BCUT2D eigenvalue weighted by Gasteiger charge is -2.40. The molecule has 2 fully saturated rings. The Morgan fingerprint density at radius 2 is 1.89 bits per heavy atom. The standard InChI is InChI=1S/C23H27N3O2/c1-16-5-4-6-18(13-16)21-11-10-19(15-26(21)23(28)17-8-9-17)22(27)25-14-20-7-2-3-12-24-20/h2-7,12-13,17,19,21H,8-11,14-15H2,1H3,(H,25,27). The Morgan fingerprint density at radius 1 is 1.07 bits per heavy atom. The fourth-order valence-corrected chi connectivity index (χ4v) is 4.04. The summed E-state index contributed by atoms with van der Waals surface area (Å²) < 4.78 is 0. The Morgan fingerprint density at radius 3 is 2.61 bits per heavy atom. The van der Waals surface area contributed by atoms with Crippen molar-refractivity contribution in [2.75, 3.05) is 6.54 Å². The van der Waals surface area contributed by atoms with E-state index < -0.39 is 0 Å². The smallest absolute Gasteiger partial charge is 0.226 e. The van der Waals surface area contributed by atoms with E-state index in [1.54, 1.807) is 6.20 Å². The van der Waals surface area contributed by atoms with Gasteiger partial charge in [0, 0.05) is 18.7 Å². The minimum absolute atomic E-state index is 0.0157. The average Bonchev–Trinajstić information content (AvgIpc) is 3.57. The lowest BCUT2D eigenvalue weighted by molar-refractivity contribution is -0.140. The van der Waals surface area contributed by atoms with Crippen molar-refractivity contribution in [3.8, 4) is 0 Å². The van der Waals surface area contributed by atoms with Crippen molar-refractivity contribution in [2.24, 2.45) is 11.8 Å². The lowest BCUT2D eigenvalue weighted by Crippen LogP contribution is -2.47. The Labute approximate surface area is 166 Å². The number of rotatable bonds is 5. The number of benzene rings is 1. The maximum absolute atomic E-state index is 13.0. The zero-order chi connectivity index (χ0) is 19.5. The van der Waals surface area contributed by atoms with Gasteiger partial charge in [0.2, 0.25) is 11.8 Å². The van der Waals surface area contributed by atoms with Crippen molar-refractivity contribution >= 4 is 11.8 Å². The molecule has 2 heterocycles. The number of carbonyl (C=O) groups excluding carboxylic acids is 2. The van der Waals surface area contributed by atoms with Gasteiger partial charge in [0.05, 0.1) is 24.2 Å². The van der Waals surface area contributed by atoms with Crippen molar-refractivity contribution < 1.29 is 9.59 Å². The summed E-state index contributed by atoms with van der Waals surface area (Å²) in [7, 11) is 0. The highest BCUT2D eigenvalue weighted by Gasteiger charge is 2.41. The van der Waals surface area contributed by atoms with E-state index in [9.17, 15) is 9.59 Å². The van der Waals surface area contributed by atoms with Crippen molar-refractivity contribution in [1.29, 1.82) is 0 Å². The first kappa shape index (κ1) is 18.7. The van der Waals surface area contributed by atoms with Gasteiger partial charge in [0.15, 0.2) is 0 Å². The van der Waals surface area contributed by atoms with Crippen LogP contribution in [0, 0.1) is 18.8 Å². The summed E-state index contributed by atoms with van der Waals surface area (Å²) in [5.74, 6) is 0.228. The predicted octanol–water partition coefficient (Wildman–Crippen LogP) is 3.40. The molecular weight excluding hydrogens is 350 g/mol. The van der Waals surface area contributed by atoms with Gasteiger partial charge in [-0.2, -0.15) is 0 Å². The van der Waals surface area contributed by atoms with Crippen LogP contribution < -0.4 is 5.32 Å². The fraction of sp³-hybridized carbons (Fsp3) is 0.435. The number of pyridine rings is 1. The molecule has 1 N–H and O–H groups in total. The molecule has 1 saturated carbocycles. The number of amides is 2. The number of hydrogen-bond acceptors (Lipinski definition) is 3. The first-order valence-electron chi connectivity index (χ1n) is 10.2. The molecule has 28 heavy (non-hydrogen) atoms. The molecule has 2 atom stereocenters. The molecule has 146 valence electrons. The predicted molar refractivity (Wildman–Crippen MR) is 107 cm³/mol. The van der Waals surface area contributed by atoms with Crippen LogP contribution in [0.2, 0.25) is 0 Å². The zero-order valence-corrected chi connectivity index (χ0v) is 16.3. The Kier molecular flexibility index (Phi) is 5.42. The highest BCUT2D eigenvalue weighted by atomic mass is 16.2. The molecule has 2 unspecified atom stereocenters. The molecule has 0 radical (unpaired) electrons. The number of nitrogens with one attached hydrogen (secondary N) is 1. The first-order valence-corrected chi connectivity index (χ1v) is 10.2. The Hall–Kier alpha value is -2.69. The fourth-order valence-electron chi connectivity index (χ4n) is 4.04. The number of aryl methyl sites for hydroxylation is 1. The third kappa shape index (κ3) is 4.24. The number of carbonyl (C=O) groups is 2. The van der Waals surface area contributed by atoms with Crippen molar-refractivity contribution in [1.82, 2.24) is 15.2 Å². The van der Waals surface area contributed by atoms with Crippen LogP contribution in [0.3, 0.4) is 0 Å².